The van der Waals surface area contributed by atoms with Gasteiger partial charge in [-0.1, -0.05) is 12.1 Å². The first-order valence-electron chi connectivity index (χ1n) is 10.4. The maximum atomic E-state index is 12.9. The molecule has 1 aromatic carbocycles. The summed E-state index contributed by atoms with van der Waals surface area (Å²) in [5.74, 6) is 0.0794. The summed E-state index contributed by atoms with van der Waals surface area (Å²) in [7, 11) is 1.55. The molecular weight excluding hydrogens is 415 g/mol. The van der Waals surface area contributed by atoms with Crippen molar-refractivity contribution in [3.8, 4) is 5.75 Å². The SMILES string of the molecule is COc1ccccc1N1C[C@@H](C(=O)N2CCN(CCCOCC(F)(F)F)CC2)CC1=O. The van der Waals surface area contributed by atoms with Gasteiger partial charge in [0.2, 0.25) is 11.8 Å². The van der Waals surface area contributed by atoms with Crippen molar-refractivity contribution in [1.29, 1.82) is 0 Å². The smallest absolute Gasteiger partial charge is 0.411 e. The van der Waals surface area contributed by atoms with Crippen LogP contribution >= 0.6 is 0 Å². The molecule has 1 atom stereocenters. The quantitative estimate of drug-likeness (QED) is 0.577. The lowest BCUT2D eigenvalue weighted by Gasteiger charge is -2.35. The summed E-state index contributed by atoms with van der Waals surface area (Å²) in [4.78, 5) is 31.0. The Morgan fingerprint density at radius 3 is 2.55 bits per heavy atom. The molecule has 2 aliphatic rings. The van der Waals surface area contributed by atoms with E-state index in [1.165, 1.54) is 0 Å². The minimum absolute atomic E-state index is 0.0288. The molecule has 2 saturated heterocycles. The fourth-order valence-electron chi connectivity index (χ4n) is 3.99. The lowest BCUT2D eigenvalue weighted by Crippen LogP contribution is -2.50. The zero-order valence-corrected chi connectivity index (χ0v) is 17.6. The number of halogens is 3. The number of amides is 2. The van der Waals surface area contributed by atoms with Crippen LogP contribution in [0.3, 0.4) is 0 Å². The predicted molar refractivity (Wildman–Crippen MR) is 108 cm³/mol. The van der Waals surface area contributed by atoms with Crippen molar-refractivity contribution < 1.29 is 32.2 Å². The lowest BCUT2D eigenvalue weighted by atomic mass is 10.1. The van der Waals surface area contributed by atoms with E-state index in [-0.39, 0.29) is 30.8 Å². The molecule has 7 nitrogen and oxygen atoms in total. The van der Waals surface area contributed by atoms with Gasteiger partial charge >= 0.3 is 6.18 Å². The molecule has 0 unspecified atom stereocenters. The third-order valence-corrected chi connectivity index (χ3v) is 5.56. The van der Waals surface area contributed by atoms with Crippen LogP contribution in [0.15, 0.2) is 24.3 Å². The highest BCUT2D eigenvalue weighted by Crippen LogP contribution is 2.33. The highest BCUT2D eigenvalue weighted by atomic mass is 19.4. The number of hydrogen-bond acceptors (Lipinski definition) is 5. The summed E-state index contributed by atoms with van der Waals surface area (Å²) < 4.78 is 46.2. The largest absolute Gasteiger partial charge is 0.495 e. The summed E-state index contributed by atoms with van der Waals surface area (Å²) >= 11 is 0. The van der Waals surface area contributed by atoms with Crippen LogP contribution in [-0.4, -0.2) is 87.4 Å². The molecule has 31 heavy (non-hydrogen) atoms. The zero-order valence-electron chi connectivity index (χ0n) is 17.6. The van der Waals surface area contributed by atoms with Crippen molar-refractivity contribution in [2.45, 2.75) is 19.0 Å². The molecule has 3 rings (SSSR count). The van der Waals surface area contributed by atoms with E-state index in [0.29, 0.717) is 57.1 Å². The number of ether oxygens (including phenoxy) is 2. The summed E-state index contributed by atoms with van der Waals surface area (Å²) in [6, 6.07) is 7.24. The number of carbonyl (C=O) groups excluding carboxylic acids is 2. The number of carbonyl (C=O) groups is 2. The zero-order chi connectivity index (χ0) is 22.4. The number of piperazine rings is 1. The Kier molecular flexibility index (Phi) is 7.77. The summed E-state index contributed by atoms with van der Waals surface area (Å²) in [5.41, 5.74) is 0.669. The van der Waals surface area contributed by atoms with Crippen LogP contribution in [0.25, 0.3) is 0 Å². The monoisotopic (exact) mass is 443 g/mol. The van der Waals surface area contributed by atoms with Gasteiger partial charge in [-0.25, -0.2) is 0 Å². The molecule has 1 aromatic rings. The highest BCUT2D eigenvalue weighted by Gasteiger charge is 2.38. The van der Waals surface area contributed by atoms with Gasteiger partial charge in [0.15, 0.2) is 0 Å². The van der Waals surface area contributed by atoms with Crippen LogP contribution in [0.4, 0.5) is 18.9 Å². The second kappa shape index (κ2) is 10.3. The number of rotatable bonds is 8. The van der Waals surface area contributed by atoms with Crippen molar-refractivity contribution in [3.05, 3.63) is 24.3 Å². The molecule has 0 aliphatic carbocycles. The van der Waals surface area contributed by atoms with Crippen LogP contribution in [0.2, 0.25) is 0 Å². The first-order chi connectivity index (χ1) is 14.8. The van der Waals surface area contributed by atoms with E-state index in [9.17, 15) is 22.8 Å². The average Bonchev–Trinajstić information content (AvgIpc) is 3.14. The van der Waals surface area contributed by atoms with Crippen molar-refractivity contribution >= 4 is 17.5 Å². The molecule has 0 saturated carbocycles. The molecule has 2 heterocycles. The number of alkyl halides is 3. The summed E-state index contributed by atoms with van der Waals surface area (Å²) in [6.07, 6.45) is -3.61. The standard InChI is InChI=1S/C21H28F3N3O4/c1-30-18-6-3-2-5-17(18)27-14-16(13-19(27)28)20(29)26-10-8-25(9-11-26)7-4-12-31-15-21(22,23)24/h2-3,5-6,16H,4,7-15H2,1H3/t16-/m0/s1. The fraction of sp³-hybridized carbons (Fsp3) is 0.619. The third-order valence-electron chi connectivity index (χ3n) is 5.56. The molecule has 0 bridgehead atoms. The van der Waals surface area contributed by atoms with Crippen molar-refractivity contribution in [1.82, 2.24) is 9.80 Å². The van der Waals surface area contributed by atoms with Gasteiger partial charge in [0, 0.05) is 52.3 Å². The van der Waals surface area contributed by atoms with E-state index in [1.54, 1.807) is 29.0 Å². The van der Waals surface area contributed by atoms with E-state index in [4.69, 9.17) is 4.74 Å². The lowest BCUT2D eigenvalue weighted by molar-refractivity contribution is -0.174. The molecule has 10 heteroatoms. The number of anilines is 1. The van der Waals surface area contributed by atoms with E-state index in [0.717, 1.165) is 0 Å². The molecule has 172 valence electrons. The minimum Gasteiger partial charge on any atom is -0.495 e. The van der Waals surface area contributed by atoms with Crippen LogP contribution in [0, 0.1) is 5.92 Å². The van der Waals surface area contributed by atoms with Gasteiger partial charge in [-0.05, 0) is 18.6 Å². The molecule has 0 N–H and O–H groups in total. The van der Waals surface area contributed by atoms with Crippen LogP contribution < -0.4 is 9.64 Å². The van der Waals surface area contributed by atoms with Gasteiger partial charge < -0.3 is 19.3 Å². The topological polar surface area (TPSA) is 62.3 Å². The Balaban J connectivity index is 1.43. The predicted octanol–water partition coefficient (Wildman–Crippen LogP) is 2.16. The van der Waals surface area contributed by atoms with Crippen LogP contribution in [0.1, 0.15) is 12.8 Å². The number of para-hydroxylation sites is 2. The first kappa shape index (κ1) is 23.3. The molecule has 0 aromatic heterocycles. The maximum absolute atomic E-state index is 12.9. The number of hydrogen-bond donors (Lipinski definition) is 0. The van der Waals surface area contributed by atoms with Crippen molar-refractivity contribution in [2.24, 2.45) is 5.92 Å². The second-order valence-electron chi connectivity index (χ2n) is 7.77. The normalized spacial score (nSPS) is 20.4. The average molecular weight is 443 g/mol. The second-order valence-corrected chi connectivity index (χ2v) is 7.77. The molecule has 0 spiro atoms. The van der Waals surface area contributed by atoms with Gasteiger partial charge in [-0.15, -0.1) is 0 Å². The van der Waals surface area contributed by atoms with Gasteiger partial charge in [-0.2, -0.15) is 13.2 Å². The third kappa shape index (κ3) is 6.33. The van der Waals surface area contributed by atoms with E-state index < -0.39 is 12.8 Å². The van der Waals surface area contributed by atoms with Gasteiger partial charge in [-0.3, -0.25) is 14.5 Å². The van der Waals surface area contributed by atoms with Crippen molar-refractivity contribution in [2.75, 3.05) is 64.5 Å². The Labute approximate surface area is 179 Å². The molecule has 2 fully saturated rings. The summed E-state index contributed by atoms with van der Waals surface area (Å²) in [6.45, 7) is 2.19. The first-order valence-corrected chi connectivity index (χ1v) is 10.4. The fourth-order valence-corrected chi connectivity index (χ4v) is 3.99. The van der Waals surface area contributed by atoms with Gasteiger partial charge in [0.25, 0.3) is 0 Å². The molecule has 2 amide bonds. The van der Waals surface area contributed by atoms with Gasteiger partial charge in [0.05, 0.1) is 18.7 Å². The van der Waals surface area contributed by atoms with Crippen LogP contribution in [-0.2, 0) is 14.3 Å². The number of benzene rings is 1. The Bertz CT molecular complexity index is 766. The van der Waals surface area contributed by atoms with E-state index >= 15 is 0 Å². The molecular formula is C21H28F3N3O4. The van der Waals surface area contributed by atoms with Crippen molar-refractivity contribution in [3.63, 3.8) is 0 Å². The van der Waals surface area contributed by atoms with Gasteiger partial charge in [0.1, 0.15) is 12.4 Å². The molecule has 2 aliphatic heterocycles. The number of nitrogens with zero attached hydrogens (tertiary/aromatic N) is 3. The Hall–Kier alpha value is -2.33. The number of methoxy groups -OCH3 is 1. The van der Waals surface area contributed by atoms with E-state index in [1.807, 2.05) is 12.1 Å². The van der Waals surface area contributed by atoms with E-state index in [2.05, 4.69) is 9.64 Å². The minimum atomic E-state index is -4.30. The summed E-state index contributed by atoms with van der Waals surface area (Å²) in [5, 5.41) is 0. The van der Waals surface area contributed by atoms with Crippen LogP contribution in [0.5, 0.6) is 5.75 Å². The maximum Gasteiger partial charge on any atom is 0.411 e. The molecule has 0 radical (unpaired) electrons. The highest BCUT2D eigenvalue weighted by molar-refractivity contribution is 6.01. The Morgan fingerprint density at radius 2 is 1.87 bits per heavy atom. The Morgan fingerprint density at radius 1 is 1.16 bits per heavy atom.